The highest BCUT2D eigenvalue weighted by molar-refractivity contribution is 9.10. The lowest BCUT2D eigenvalue weighted by Crippen LogP contribution is -2.35. The topological polar surface area (TPSA) is 37.8 Å². The zero-order valence-corrected chi connectivity index (χ0v) is 14.3. The number of rotatable bonds is 4. The van der Waals surface area contributed by atoms with Crippen LogP contribution < -0.4 is 5.32 Å². The molecule has 2 rings (SSSR count). The van der Waals surface area contributed by atoms with Gasteiger partial charge in [-0.3, -0.25) is 0 Å². The van der Waals surface area contributed by atoms with E-state index in [1.54, 1.807) is 24.3 Å². The van der Waals surface area contributed by atoms with E-state index in [2.05, 4.69) is 70.2 Å². The van der Waals surface area contributed by atoms with Crippen LogP contribution in [-0.4, -0.2) is 15.5 Å². The van der Waals surface area contributed by atoms with E-state index in [-0.39, 0.29) is 5.54 Å². The fourth-order valence-corrected chi connectivity index (χ4v) is 3.01. The maximum atomic E-state index is 4.27. The highest BCUT2D eigenvalue weighted by Gasteiger charge is 2.11. The van der Waals surface area contributed by atoms with Crippen molar-refractivity contribution in [2.45, 2.75) is 42.8 Å². The molecule has 0 saturated heterocycles. The summed E-state index contributed by atoms with van der Waals surface area (Å²) in [4.78, 5) is 9.42. The Bertz CT molecular complexity index is 567. The van der Waals surface area contributed by atoms with Gasteiger partial charge in [-0.15, -0.1) is 0 Å². The van der Waals surface area contributed by atoms with E-state index in [9.17, 15) is 0 Å². The zero-order valence-electron chi connectivity index (χ0n) is 11.9. The fraction of sp³-hybridized carbons (Fsp3) is 0.333. The van der Waals surface area contributed by atoms with Crippen LogP contribution >= 0.6 is 27.7 Å². The number of hydrogen-bond donors (Lipinski definition) is 1. The van der Waals surface area contributed by atoms with Crippen LogP contribution in [0.4, 0.5) is 0 Å². The lowest BCUT2D eigenvalue weighted by atomic mass is 10.1. The van der Waals surface area contributed by atoms with Gasteiger partial charge in [0.1, 0.15) is 11.4 Å². The summed E-state index contributed by atoms with van der Waals surface area (Å²) < 4.78 is 1.08. The van der Waals surface area contributed by atoms with Crippen molar-refractivity contribution in [1.82, 2.24) is 15.3 Å². The summed E-state index contributed by atoms with van der Waals surface area (Å²) in [5, 5.41) is 4.48. The van der Waals surface area contributed by atoms with E-state index in [1.807, 2.05) is 6.07 Å². The molecule has 0 aliphatic heterocycles. The van der Waals surface area contributed by atoms with Crippen molar-refractivity contribution >= 4 is 27.7 Å². The van der Waals surface area contributed by atoms with Crippen molar-refractivity contribution < 1.29 is 0 Å². The molecule has 3 nitrogen and oxygen atoms in total. The highest BCUT2D eigenvalue weighted by atomic mass is 79.9. The zero-order chi connectivity index (χ0) is 14.6. The Hall–Kier alpha value is -0.910. The van der Waals surface area contributed by atoms with E-state index >= 15 is 0 Å². The molecule has 0 atom stereocenters. The predicted molar refractivity (Wildman–Crippen MR) is 86.9 cm³/mol. The minimum atomic E-state index is 0.101. The third kappa shape index (κ3) is 4.89. The van der Waals surface area contributed by atoms with Crippen LogP contribution in [0.15, 0.2) is 51.2 Å². The molecule has 1 aromatic heterocycles. The van der Waals surface area contributed by atoms with Crippen LogP contribution in [-0.2, 0) is 6.54 Å². The summed E-state index contributed by atoms with van der Waals surface area (Å²) in [6, 6.07) is 8.27. The first-order chi connectivity index (χ1) is 9.44. The SMILES string of the molecule is CC(C)(C)NCc1ccc(Br)cc1Sc1ccncn1. The van der Waals surface area contributed by atoms with Gasteiger partial charge in [0, 0.05) is 27.6 Å². The van der Waals surface area contributed by atoms with Gasteiger partial charge in [0.05, 0.1) is 0 Å². The molecule has 2 aromatic rings. The van der Waals surface area contributed by atoms with Crippen LogP contribution in [0.3, 0.4) is 0 Å². The first-order valence-corrected chi connectivity index (χ1v) is 8.02. The monoisotopic (exact) mass is 351 g/mol. The Balaban J connectivity index is 2.20. The molecule has 0 unspecified atom stereocenters. The van der Waals surface area contributed by atoms with Gasteiger partial charge in [-0.25, -0.2) is 9.97 Å². The Morgan fingerprint density at radius 1 is 1.25 bits per heavy atom. The van der Waals surface area contributed by atoms with E-state index in [0.29, 0.717) is 0 Å². The molecule has 0 radical (unpaired) electrons. The first kappa shape index (κ1) is 15.5. The molecule has 0 aliphatic carbocycles. The number of benzene rings is 1. The molecule has 106 valence electrons. The van der Waals surface area contributed by atoms with Crippen LogP contribution in [0.2, 0.25) is 0 Å². The maximum Gasteiger partial charge on any atom is 0.116 e. The number of aromatic nitrogens is 2. The van der Waals surface area contributed by atoms with Crippen LogP contribution in [0.1, 0.15) is 26.3 Å². The summed E-state index contributed by atoms with van der Waals surface area (Å²) in [5.74, 6) is 0. The predicted octanol–water partition coefficient (Wildman–Crippen LogP) is 4.28. The summed E-state index contributed by atoms with van der Waals surface area (Å²) in [7, 11) is 0. The average Bonchev–Trinajstić information content (AvgIpc) is 2.38. The fourth-order valence-electron chi connectivity index (χ4n) is 1.58. The second kappa shape index (κ2) is 6.70. The van der Waals surface area contributed by atoms with Crippen LogP contribution in [0, 0.1) is 0 Å². The van der Waals surface area contributed by atoms with Gasteiger partial charge in [0.2, 0.25) is 0 Å². The normalized spacial score (nSPS) is 11.6. The third-order valence-electron chi connectivity index (χ3n) is 2.61. The standard InChI is InChI=1S/C15H18BrN3S/c1-15(2,3)19-9-11-4-5-12(16)8-13(11)20-14-6-7-17-10-18-14/h4-8,10,19H,9H2,1-3H3. The molecule has 5 heteroatoms. The molecular weight excluding hydrogens is 334 g/mol. The Labute approximate surface area is 132 Å². The van der Waals surface area contributed by atoms with Crippen molar-refractivity contribution in [3.05, 3.63) is 46.8 Å². The van der Waals surface area contributed by atoms with Gasteiger partial charge in [0.25, 0.3) is 0 Å². The number of nitrogens with one attached hydrogen (secondary N) is 1. The summed E-state index contributed by atoms with van der Waals surface area (Å²) in [6.45, 7) is 7.35. The molecule has 0 spiro atoms. The second-order valence-electron chi connectivity index (χ2n) is 5.51. The molecule has 0 aliphatic rings. The van der Waals surface area contributed by atoms with Crippen LogP contribution in [0.25, 0.3) is 0 Å². The Kier molecular flexibility index (Phi) is 5.18. The molecule has 0 fully saturated rings. The second-order valence-corrected chi connectivity index (χ2v) is 7.48. The summed E-state index contributed by atoms with van der Waals surface area (Å²) >= 11 is 5.19. The minimum Gasteiger partial charge on any atom is -0.308 e. The quantitative estimate of drug-likeness (QED) is 0.834. The molecule has 0 bridgehead atoms. The lowest BCUT2D eigenvalue weighted by molar-refractivity contribution is 0.422. The summed E-state index contributed by atoms with van der Waals surface area (Å²) in [6.07, 6.45) is 3.34. The Morgan fingerprint density at radius 3 is 2.70 bits per heavy atom. The van der Waals surface area contributed by atoms with Crippen molar-refractivity contribution in [1.29, 1.82) is 0 Å². The van der Waals surface area contributed by atoms with E-state index in [1.165, 1.54) is 10.5 Å². The average molecular weight is 352 g/mol. The molecule has 1 N–H and O–H groups in total. The highest BCUT2D eigenvalue weighted by Crippen LogP contribution is 2.31. The molecule has 0 saturated carbocycles. The molecule has 20 heavy (non-hydrogen) atoms. The van der Waals surface area contributed by atoms with E-state index < -0.39 is 0 Å². The van der Waals surface area contributed by atoms with E-state index in [0.717, 1.165) is 16.0 Å². The molecule has 1 aromatic carbocycles. The molecule has 1 heterocycles. The maximum absolute atomic E-state index is 4.27. The van der Waals surface area contributed by atoms with Crippen molar-refractivity contribution in [3.8, 4) is 0 Å². The third-order valence-corrected chi connectivity index (χ3v) is 4.15. The van der Waals surface area contributed by atoms with Gasteiger partial charge in [-0.2, -0.15) is 0 Å². The Morgan fingerprint density at radius 2 is 2.05 bits per heavy atom. The smallest absolute Gasteiger partial charge is 0.116 e. The minimum absolute atomic E-state index is 0.101. The van der Waals surface area contributed by atoms with Gasteiger partial charge >= 0.3 is 0 Å². The van der Waals surface area contributed by atoms with Crippen molar-refractivity contribution in [2.24, 2.45) is 0 Å². The number of nitrogens with zero attached hydrogens (tertiary/aromatic N) is 2. The van der Waals surface area contributed by atoms with Crippen molar-refractivity contribution in [3.63, 3.8) is 0 Å². The number of hydrogen-bond acceptors (Lipinski definition) is 4. The molecular formula is C15H18BrN3S. The van der Waals surface area contributed by atoms with Crippen molar-refractivity contribution in [2.75, 3.05) is 0 Å². The largest absolute Gasteiger partial charge is 0.308 e. The molecule has 0 amide bonds. The lowest BCUT2D eigenvalue weighted by Gasteiger charge is -2.21. The van der Waals surface area contributed by atoms with Crippen LogP contribution in [0.5, 0.6) is 0 Å². The van der Waals surface area contributed by atoms with Gasteiger partial charge in [0.15, 0.2) is 0 Å². The van der Waals surface area contributed by atoms with E-state index in [4.69, 9.17) is 0 Å². The number of halogens is 1. The van der Waals surface area contributed by atoms with Gasteiger partial charge in [-0.05, 0) is 44.5 Å². The first-order valence-electron chi connectivity index (χ1n) is 6.41. The van der Waals surface area contributed by atoms with Gasteiger partial charge in [-0.1, -0.05) is 33.8 Å². The summed E-state index contributed by atoms with van der Waals surface area (Å²) in [5.41, 5.74) is 1.37. The van der Waals surface area contributed by atoms with Gasteiger partial charge < -0.3 is 5.32 Å².